The van der Waals surface area contributed by atoms with Gasteiger partial charge in [0.05, 0.1) is 16.8 Å². The monoisotopic (exact) mass is 327 g/mol. The highest BCUT2D eigenvalue weighted by Gasteiger charge is 2.14. The number of carbonyl (C=O) groups excluding carboxylic acids is 1. The van der Waals surface area contributed by atoms with Crippen LogP contribution in [0.3, 0.4) is 0 Å². The lowest BCUT2D eigenvalue weighted by Gasteiger charge is -2.08. The van der Waals surface area contributed by atoms with Crippen molar-refractivity contribution in [2.75, 3.05) is 6.61 Å². The molecule has 23 heavy (non-hydrogen) atoms. The third-order valence-electron chi connectivity index (χ3n) is 3.69. The molecule has 0 atom stereocenters. The van der Waals surface area contributed by atoms with Gasteiger partial charge in [0.25, 0.3) is 0 Å². The summed E-state index contributed by atoms with van der Waals surface area (Å²) in [6.07, 6.45) is 0. The fourth-order valence-electron chi connectivity index (χ4n) is 2.63. The topological polar surface area (TPSA) is 48.3 Å². The second-order valence-electron chi connectivity index (χ2n) is 5.26. The summed E-state index contributed by atoms with van der Waals surface area (Å²) in [5.41, 5.74) is 4.07. The van der Waals surface area contributed by atoms with Crippen LogP contribution in [0.5, 0.6) is 0 Å². The Labute approximate surface area is 138 Å². The summed E-state index contributed by atoms with van der Waals surface area (Å²) in [6.45, 7) is 4.03. The van der Waals surface area contributed by atoms with Crippen molar-refractivity contribution >= 4 is 27.5 Å². The molecule has 2 aromatic carbocycles. The maximum Gasteiger partial charge on any atom is 0.326 e. The second kappa shape index (κ2) is 6.38. The molecule has 0 saturated carbocycles. The van der Waals surface area contributed by atoms with Crippen molar-refractivity contribution < 1.29 is 9.53 Å². The van der Waals surface area contributed by atoms with Gasteiger partial charge >= 0.3 is 10.8 Å². The molecule has 0 unspecified atom stereocenters. The summed E-state index contributed by atoms with van der Waals surface area (Å²) >= 11 is 1.16. The largest absolute Gasteiger partial charge is 0.465 e. The first-order chi connectivity index (χ1) is 11.1. The first kappa shape index (κ1) is 15.5. The van der Waals surface area contributed by atoms with Crippen LogP contribution >= 0.6 is 11.3 Å². The van der Waals surface area contributed by atoms with E-state index >= 15 is 0 Å². The molecule has 3 rings (SSSR count). The maximum atomic E-state index is 12.2. The Hall–Kier alpha value is -2.40. The minimum atomic E-state index is -0.390. The predicted molar refractivity (Wildman–Crippen MR) is 92.9 cm³/mol. The van der Waals surface area contributed by atoms with E-state index in [-0.39, 0.29) is 17.4 Å². The molecule has 0 spiro atoms. The van der Waals surface area contributed by atoms with Gasteiger partial charge in [-0.1, -0.05) is 41.7 Å². The molecule has 1 aromatic heterocycles. The van der Waals surface area contributed by atoms with E-state index in [2.05, 4.69) is 0 Å². The summed E-state index contributed by atoms with van der Waals surface area (Å²) in [5, 5.41) is 0. The fourth-order valence-corrected chi connectivity index (χ4v) is 3.54. The van der Waals surface area contributed by atoms with Gasteiger partial charge in [0.15, 0.2) is 0 Å². The minimum Gasteiger partial charge on any atom is -0.465 e. The number of fused-ring (bicyclic) bond motifs is 1. The molecule has 0 N–H and O–H groups in total. The molecule has 0 amide bonds. The van der Waals surface area contributed by atoms with Crippen LogP contribution < -0.4 is 4.87 Å². The van der Waals surface area contributed by atoms with Gasteiger partial charge in [0, 0.05) is 0 Å². The molecular weight excluding hydrogens is 310 g/mol. The zero-order chi connectivity index (χ0) is 16.4. The molecule has 0 bridgehead atoms. The number of carbonyl (C=O) groups is 1. The number of aryl methyl sites for hydroxylation is 1. The number of benzene rings is 2. The van der Waals surface area contributed by atoms with Crippen LogP contribution in [0.15, 0.2) is 47.3 Å². The number of rotatable bonds is 4. The smallest absolute Gasteiger partial charge is 0.326 e. The lowest BCUT2D eigenvalue weighted by molar-refractivity contribution is -0.143. The van der Waals surface area contributed by atoms with Crippen LogP contribution in [0.1, 0.15) is 12.5 Å². The van der Waals surface area contributed by atoms with Crippen LogP contribution in [0, 0.1) is 6.92 Å². The Morgan fingerprint density at radius 2 is 1.96 bits per heavy atom. The van der Waals surface area contributed by atoms with E-state index < -0.39 is 0 Å². The number of hydrogen-bond donors (Lipinski definition) is 0. The molecule has 0 fully saturated rings. The third kappa shape index (κ3) is 3.05. The van der Waals surface area contributed by atoms with Gasteiger partial charge < -0.3 is 4.74 Å². The van der Waals surface area contributed by atoms with E-state index in [0.717, 1.165) is 38.2 Å². The second-order valence-corrected chi connectivity index (χ2v) is 6.25. The van der Waals surface area contributed by atoms with E-state index in [4.69, 9.17) is 4.74 Å². The van der Waals surface area contributed by atoms with Gasteiger partial charge in [-0.3, -0.25) is 14.2 Å². The van der Waals surface area contributed by atoms with Gasteiger partial charge in [-0.05, 0) is 42.7 Å². The molecule has 4 nitrogen and oxygen atoms in total. The summed E-state index contributed by atoms with van der Waals surface area (Å²) < 4.78 is 7.31. The van der Waals surface area contributed by atoms with E-state index in [9.17, 15) is 9.59 Å². The molecule has 0 aliphatic heterocycles. The number of esters is 1. The van der Waals surface area contributed by atoms with Crippen molar-refractivity contribution in [3.63, 3.8) is 0 Å². The van der Waals surface area contributed by atoms with Crippen molar-refractivity contribution in [3.8, 4) is 11.1 Å². The molecule has 0 aliphatic carbocycles. The molecule has 3 aromatic rings. The van der Waals surface area contributed by atoms with Gasteiger partial charge in [-0.2, -0.15) is 0 Å². The predicted octanol–water partition coefficient (Wildman–Crippen LogP) is 3.60. The van der Waals surface area contributed by atoms with E-state index in [1.54, 1.807) is 6.92 Å². The Balaban J connectivity index is 2.09. The molecule has 118 valence electrons. The average molecular weight is 327 g/mol. The maximum absolute atomic E-state index is 12.2. The Morgan fingerprint density at radius 3 is 2.65 bits per heavy atom. The fraction of sp³-hybridized carbons (Fsp3) is 0.222. The van der Waals surface area contributed by atoms with Crippen LogP contribution in [-0.2, 0) is 16.1 Å². The van der Waals surface area contributed by atoms with Crippen LogP contribution in [0.2, 0.25) is 0 Å². The molecule has 0 aliphatic rings. The number of ether oxygens (including phenoxy) is 1. The zero-order valence-electron chi connectivity index (χ0n) is 13.0. The van der Waals surface area contributed by atoms with Crippen molar-refractivity contribution in [3.05, 3.63) is 57.7 Å². The zero-order valence-corrected chi connectivity index (χ0v) is 13.9. The average Bonchev–Trinajstić information content (AvgIpc) is 2.83. The Morgan fingerprint density at radius 1 is 1.22 bits per heavy atom. The standard InChI is InChI=1S/C18H17NO3S/c1-3-22-17(20)11-19-15-9-12(2)14(10-16(15)23-18(19)21)13-7-5-4-6-8-13/h4-10H,3,11H2,1-2H3. The molecule has 0 saturated heterocycles. The van der Waals surface area contributed by atoms with Crippen LogP contribution in [0.4, 0.5) is 0 Å². The number of nitrogens with zero attached hydrogens (tertiary/aromatic N) is 1. The number of aromatic nitrogens is 1. The van der Waals surface area contributed by atoms with Gasteiger partial charge in [-0.15, -0.1) is 0 Å². The number of hydrogen-bond acceptors (Lipinski definition) is 4. The van der Waals surface area contributed by atoms with E-state index in [1.165, 1.54) is 4.57 Å². The highest BCUT2D eigenvalue weighted by atomic mass is 32.1. The van der Waals surface area contributed by atoms with E-state index in [0.29, 0.717) is 6.61 Å². The summed E-state index contributed by atoms with van der Waals surface area (Å²) in [7, 11) is 0. The first-order valence-electron chi connectivity index (χ1n) is 7.45. The molecular formula is C18H17NO3S. The summed E-state index contributed by atoms with van der Waals surface area (Å²) in [6, 6.07) is 14.0. The van der Waals surface area contributed by atoms with Gasteiger partial charge in [0.1, 0.15) is 6.54 Å². The first-order valence-corrected chi connectivity index (χ1v) is 8.27. The number of thiazole rings is 1. The van der Waals surface area contributed by atoms with Crippen molar-refractivity contribution in [1.29, 1.82) is 0 Å². The van der Waals surface area contributed by atoms with Crippen LogP contribution in [-0.4, -0.2) is 17.1 Å². The quantitative estimate of drug-likeness (QED) is 0.688. The Kier molecular flexibility index (Phi) is 4.30. The molecule has 1 heterocycles. The Bertz CT molecular complexity index is 909. The summed E-state index contributed by atoms with van der Waals surface area (Å²) in [4.78, 5) is 23.8. The van der Waals surface area contributed by atoms with Gasteiger partial charge in [0.2, 0.25) is 0 Å². The lowest BCUT2D eigenvalue weighted by Crippen LogP contribution is -2.20. The third-order valence-corrected chi connectivity index (χ3v) is 4.63. The highest BCUT2D eigenvalue weighted by molar-refractivity contribution is 7.16. The van der Waals surface area contributed by atoms with Crippen molar-refractivity contribution in [2.45, 2.75) is 20.4 Å². The minimum absolute atomic E-state index is 0.0448. The van der Waals surface area contributed by atoms with Gasteiger partial charge in [-0.25, -0.2) is 0 Å². The van der Waals surface area contributed by atoms with Crippen molar-refractivity contribution in [1.82, 2.24) is 4.57 Å². The van der Waals surface area contributed by atoms with Crippen LogP contribution in [0.25, 0.3) is 21.3 Å². The molecule has 5 heteroatoms. The molecule has 0 radical (unpaired) electrons. The summed E-state index contributed by atoms with van der Waals surface area (Å²) in [5.74, 6) is -0.390. The normalized spacial score (nSPS) is 10.9. The highest BCUT2D eigenvalue weighted by Crippen LogP contribution is 2.29. The lowest BCUT2D eigenvalue weighted by atomic mass is 10.0. The van der Waals surface area contributed by atoms with E-state index in [1.807, 2.05) is 49.4 Å². The SMILES string of the molecule is CCOC(=O)Cn1c(=O)sc2cc(-c3ccccc3)c(C)cc21. The van der Waals surface area contributed by atoms with Crippen molar-refractivity contribution in [2.24, 2.45) is 0 Å².